The number of nitrogens with two attached hydrogens (primary N) is 1. The summed E-state index contributed by atoms with van der Waals surface area (Å²) in [6.45, 7) is 2.93. The maximum absolute atomic E-state index is 8.98. The van der Waals surface area contributed by atoms with Crippen molar-refractivity contribution < 1.29 is 22.1 Å². The molecule has 0 bridgehead atoms. The van der Waals surface area contributed by atoms with Gasteiger partial charge in [-0.15, -0.1) is 12.4 Å². The molecule has 0 amide bonds. The van der Waals surface area contributed by atoms with Gasteiger partial charge >= 0.3 is 5.13 Å². The molecule has 2 aromatic heterocycles. The zero-order chi connectivity index (χ0) is 12.3. The molecule has 0 aliphatic heterocycles. The van der Waals surface area contributed by atoms with E-state index in [1.165, 1.54) is 0 Å². The lowest BCUT2D eigenvalue weighted by Gasteiger charge is -2.01. The quantitative estimate of drug-likeness (QED) is 0.662. The highest BCUT2D eigenvalue weighted by Gasteiger charge is 2.17. The number of halogens is 2. The van der Waals surface area contributed by atoms with E-state index in [1.54, 1.807) is 17.5 Å². The van der Waals surface area contributed by atoms with Crippen molar-refractivity contribution in [2.45, 2.75) is 19.9 Å². The summed E-state index contributed by atoms with van der Waals surface area (Å²) < 4.78 is 2.06. The van der Waals surface area contributed by atoms with Gasteiger partial charge in [0.25, 0.3) is 0 Å². The van der Waals surface area contributed by atoms with E-state index in [0.717, 1.165) is 27.8 Å². The molecular weight excluding hydrogens is 305 g/mol. The first-order chi connectivity index (χ1) is 8.22. The van der Waals surface area contributed by atoms with Gasteiger partial charge in [-0.05, 0) is 13.0 Å². The monoisotopic (exact) mass is 321 g/mol. The van der Waals surface area contributed by atoms with Gasteiger partial charge in [0.2, 0.25) is 0 Å². The topological polar surface area (TPSA) is 63.0 Å². The molecule has 0 aliphatic carbocycles. The van der Waals surface area contributed by atoms with E-state index in [2.05, 4.69) is 9.55 Å². The number of anilines is 1. The fourth-order valence-corrected chi connectivity index (χ4v) is 2.79. The summed E-state index contributed by atoms with van der Waals surface area (Å²) in [5, 5.41) is 9.75. The van der Waals surface area contributed by atoms with Crippen LogP contribution in [0.5, 0.6) is 0 Å². The zero-order valence-electron chi connectivity index (χ0n) is 10.5. The maximum atomic E-state index is 8.98. The average Bonchev–Trinajstić information content (AvgIpc) is 2.59. The van der Waals surface area contributed by atoms with E-state index in [9.17, 15) is 0 Å². The van der Waals surface area contributed by atoms with Crippen molar-refractivity contribution in [1.82, 2.24) is 4.98 Å². The first-order valence-corrected chi connectivity index (χ1v) is 6.31. The summed E-state index contributed by atoms with van der Waals surface area (Å²) in [5.41, 5.74) is 8.26. The lowest BCUT2D eigenvalue weighted by atomic mass is 10.2. The van der Waals surface area contributed by atoms with Crippen LogP contribution in [0.3, 0.4) is 0 Å². The van der Waals surface area contributed by atoms with E-state index in [4.69, 9.17) is 10.8 Å². The number of hydrogen-bond donors (Lipinski definition) is 2. The van der Waals surface area contributed by atoms with E-state index < -0.39 is 0 Å². The van der Waals surface area contributed by atoms with E-state index in [-0.39, 0.29) is 31.4 Å². The minimum Gasteiger partial charge on any atom is -1.00 e. The molecular formula is C12H17Cl2N3OS. The Morgan fingerprint density at radius 1 is 1.47 bits per heavy atom. The molecule has 7 heteroatoms. The molecule has 0 unspecified atom stereocenters. The lowest BCUT2D eigenvalue weighted by molar-refractivity contribution is -0.676. The van der Waals surface area contributed by atoms with Crippen LogP contribution in [0.2, 0.25) is 0 Å². The highest BCUT2D eigenvalue weighted by Crippen LogP contribution is 2.19. The van der Waals surface area contributed by atoms with Crippen molar-refractivity contribution in [3.8, 4) is 0 Å². The van der Waals surface area contributed by atoms with Crippen LogP contribution in [0.1, 0.15) is 16.1 Å². The van der Waals surface area contributed by atoms with Crippen molar-refractivity contribution in [1.29, 1.82) is 0 Å². The number of nitrogens with zero attached hydrogens (tertiary/aromatic N) is 2. The molecule has 0 aliphatic rings. The van der Waals surface area contributed by atoms with Crippen molar-refractivity contribution in [2.24, 2.45) is 0 Å². The maximum Gasteiger partial charge on any atom is 0.332 e. The van der Waals surface area contributed by atoms with Crippen LogP contribution in [0.15, 0.2) is 24.5 Å². The van der Waals surface area contributed by atoms with Gasteiger partial charge in [0.15, 0.2) is 0 Å². The third-order valence-electron chi connectivity index (χ3n) is 2.70. The fourth-order valence-electron chi connectivity index (χ4n) is 1.78. The number of hydrogen-bond acceptors (Lipinski definition) is 4. The average molecular weight is 322 g/mol. The highest BCUT2D eigenvalue weighted by atomic mass is 35.5. The zero-order valence-corrected chi connectivity index (χ0v) is 12.9. The van der Waals surface area contributed by atoms with Crippen LogP contribution in [-0.4, -0.2) is 16.7 Å². The molecule has 0 fully saturated rings. The predicted molar refractivity (Wildman–Crippen MR) is 75.0 cm³/mol. The number of rotatable bonds is 4. The molecule has 0 aromatic carbocycles. The van der Waals surface area contributed by atoms with Crippen LogP contribution in [0.4, 0.5) is 5.13 Å². The van der Waals surface area contributed by atoms with Crippen molar-refractivity contribution in [3.63, 3.8) is 0 Å². The highest BCUT2D eigenvalue weighted by molar-refractivity contribution is 7.15. The number of aromatic nitrogens is 2. The summed E-state index contributed by atoms with van der Waals surface area (Å²) in [6.07, 6.45) is 4.27. The van der Waals surface area contributed by atoms with Gasteiger partial charge in [-0.2, -0.15) is 0 Å². The third kappa shape index (κ3) is 4.31. The standard InChI is InChI=1S/C12H15N3OS.2ClH/c1-9-11(4-6-16)17-12(13)15(9)8-10-3-2-5-14-7-10;;/h2-3,5,7,13,16H,4,6,8H2,1H3;2*1H. The fraction of sp³-hybridized carbons (Fsp3) is 0.333. The Labute approximate surface area is 129 Å². The lowest BCUT2D eigenvalue weighted by Crippen LogP contribution is -3.00. The Kier molecular flexibility index (Phi) is 7.94. The Balaban J connectivity index is 0.00000162. The summed E-state index contributed by atoms with van der Waals surface area (Å²) in [4.78, 5) is 5.24. The van der Waals surface area contributed by atoms with Crippen LogP contribution in [0, 0.1) is 6.92 Å². The van der Waals surface area contributed by atoms with E-state index in [0.29, 0.717) is 6.42 Å². The molecule has 2 rings (SSSR count). The van der Waals surface area contributed by atoms with Crippen LogP contribution in [-0.2, 0) is 13.0 Å². The normalized spacial score (nSPS) is 9.58. The van der Waals surface area contributed by atoms with Gasteiger partial charge in [-0.3, -0.25) is 10.7 Å². The minimum atomic E-state index is 0. The molecule has 4 nitrogen and oxygen atoms in total. The van der Waals surface area contributed by atoms with Crippen molar-refractivity contribution in [2.75, 3.05) is 12.3 Å². The Bertz CT molecular complexity index is 505. The molecule has 19 heavy (non-hydrogen) atoms. The van der Waals surface area contributed by atoms with Gasteiger partial charge in [0.05, 0.1) is 4.88 Å². The van der Waals surface area contributed by atoms with Gasteiger partial charge in [-0.1, -0.05) is 17.4 Å². The smallest absolute Gasteiger partial charge is 0.332 e. The molecule has 0 spiro atoms. The first kappa shape index (κ1) is 18.1. The Morgan fingerprint density at radius 2 is 2.21 bits per heavy atom. The van der Waals surface area contributed by atoms with Crippen LogP contribution in [0.25, 0.3) is 0 Å². The van der Waals surface area contributed by atoms with E-state index in [1.807, 2.05) is 25.3 Å². The van der Waals surface area contributed by atoms with Crippen LogP contribution < -0.4 is 22.7 Å². The Morgan fingerprint density at radius 3 is 2.79 bits per heavy atom. The van der Waals surface area contributed by atoms with Crippen molar-refractivity contribution >= 4 is 28.9 Å². The largest absolute Gasteiger partial charge is 1.00 e. The molecule has 0 saturated carbocycles. The number of pyridine rings is 1. The van der Waals surface area contributed by atoms with E-state index >= 15 is 0 Å². The van der Waals surface area contributed by atoms with Gasteiger partial charge < -0.3 is 17.5 Å². The van der Waals surface area contributed by atoms with Crippen LogP contribution >= 0.6 is 23.7 Å². The molecule has 3 N–H and O–H groups in total. The summed E-state index contributed by atoms with van der Waals surface area (Å²) >= 11 is 1.55. The third-order valence-corrected chi connectivity index (χ3v) is 3.88. The second-order valence-electron chi connectivity index (χ2n) is 3.87. The molecule has 2 heterocycles. The van der Waals surface area contributed by atoms with Gasteiger partial charge in [0, 0.05) is 31.0 Å². The SMILES string of the molecule is Cc1c(CCO)sc(N)[n+]1Cc1cccnc1.Cl.[Cl-]. The minimum absolute atomic E-state index is 0. The summed E-state index contributed by atoms with van der Waals surface area (Å²) in [6, 6.07) is 3.95. The molecule has 0 atom stereocenters. The molecule has 106 valence electrons. The second kappa shape index (κ2) is 8.32. The Hall–Kier alpha value is -0.880. The van der Waals surface area contributed by atoms with Gasteiger partial charge in [-0.25, -0.2) is 4.57 Å². The molecule has 0 radical (unpaired) electrons. The number of nitrogen functional groups attached to an aromatic ring is 1. The van der Waals surface area contributed by atoms with Crippen molar-refractivity contribution in [3.05, 3.63) is 40.7 Å². The summed E-state index contributed by atoms with van der Waals surface area (Å²) in [7, 11) is 0. The molecule has 2 aromatic rings. The number of aliphatic hydroxyl groups excluding tert-OH is 1. The number of aliphatic hydroxyl groups is 1. The predicted octanol–water partition coefficient (Wildman–Crippen LogP) is -1.67. The second-order valence-corrected chi connectivity index (χ2v) is 4.99. The summed E-state index contributed by atoms with van der Waals surface area (Å²) in [5.74, 6) is 0. The molecule has 0 saturated heterocycles. The van der Waals surface area contributed by atoms with Gasteiger partial charge in [0.1, 0.15) is 12.2 Å². The first-order valence-electron chi connectivity index (χ1n) is 5.49. The number of thiazole rings is 1.